The number of benzene rings is 2. The topological polar surface area (TPSA) is 65.5 Å². The lowest BCUT2D eigenvalue weighted by atomic mass is 9.96. The SMILES string of the molecule is CN(Cc1ccccc1)CC1CCN(C(=O)C(=O)Nc2cncc3ccccc23)CC1. The molecule has 0 atom stereocenters. The van der Waals surface area contributed by atoms with Gasteiger partial charge in [-0.3, -0.25) is 14.6 Å². The van der Waals surface area contributed by atoms with Gasteiger partial charge >= 0.3 is 11.8 Å². The monoisotopic (exact) mass is 416 g/mol. The maximum Gasteiger partial charge on any atom is 0.313 e. The highest BCUT2D eigenvalue weighted by Crippen LogP contribution is 2.22. The number of carbonyl (C=O) groups is 2. The Balaban J connectivity index is 1.28. The van der Waals surface area contributed by atoms with Gasteiger partial charge in [0.15, 0.2) is 0 Å². The fourth-order valence-electron chi connectivity index (χ4n) is 4.25. The third-order valence-electron chi connectivity index (χ3n) is 5.88. The molecule has 6 heteroatoms. The number of aromatic nitrogens is 1. The van der Waals surface area contributed by atoms with Crippen LogP contribution >= 0.6 is 0 Å². The van der Waals surface area contributed by atoms with Gasteiger partial charge in [0.25, 0.3) is 0 Å². The molecule has 1 aliphatic heterocycles. The van der Waals surface area contributed by atoms with Crippen LogP contribution < -0.4 is 5.32 Å². The third kappa shape index (κ3) is 5.27. The Morgan fingerprint density at radius 3 is 2.52 bits per heavy atom. The van der Waals surface area contributed by atoms with Crippen molar-refractivity contribution in [2.24, 2.45) is 5.92 Å². The van der Waals surface area contributed by atoms with Crippen LogP contribution in [0.1, 0.15) is 18.4 Å². The Labute approximate surface area is 182 Å². The van der Waals surface area contributed by atoms with Crippen LogP contribution in [0.3, 0.4) is 0 Å². The van der Waals surface area contributed by atoms with Gasteiger partial charge in [0.05, 0.1) is 11.9 Å². The molecular weight excluding hydrogens is 388 g/mol. The average molecular weight is 417 g/mol. The van der Waals surface area contributed by atoms with E-state index in [1.165, 1.54) is 5.56 Å². The van der Waals surface area contributed by atoms with Crippen molar-refractivity contribution in [2.75, 3.05) is 32.0 Å². The van der Waals surface area contributed by atoms with Crippen molar-refractivity contribution in [2.45, 2.75) is 19.4 Å². The maximum absolute atomic E-state index is 12.7. The molecule has 0 radical (unpaired) electrons. The molecule has 1 aliphatic rings. The predicted octanol–water partition coefficient (Wildman–Crippen LogP) is 3.54. The highest BCUT2D eigenvalue weighted by atomic mass is 16.2. The van der Waals surface area contributed by atoms with E-state index in [2.05, 4.69) is 46.5 Å². The molecule has 2 aromatic carbocycles. The van der Waals surface area contributed by atoms with E-state index >= 15 is 0 Å². The lowest BCUT2D eigenvalue weighted by Crippen LogP contribution is -2.45. The first-order chi connectivity index (χ1) is 15.1. The van der Waals surface area contributed by atoms with Crippen LogP contribution in [0.25, 0.3) is 10.8 Å². The molecule has 0 unspecified atom stereocenters. The fourth-order valence-corrected chi connectivity index (χ4v) is 4.25. The molecule has 4 rings (SSSR count). The second-order valence-corrected chi connectivity index (χ2v) is 8.28. The van der Waals surface area contributed by atoms with Gasteiger partial charge in [-0.2, -0.15) is 0 Å². The van der Waals surface area contributed by atoms with Crippen LogP contribution in [0, 0.1) is 5.92 Å². The van der Waals surface area contributed by atoms with Crippen molar-refractivity contribution in [3.05, 3.63) is 72.6 Å². The van der Waals surface area contributed by atoms with Gasteiger partial charge in [-0.05, 0) is 31.4 Å². The summed E-state index contributed by atoms with van der Waals surface area (Å²) in [6, 6.07) is 18.1. The number of piperidine rings is 1. The molecule has 2 amide bonds. The van der Waals surface area contributed by atoms with Crippen molar-refractivity contribution < 1.29 is 9.59 Å². The summed E-state index contributed by atoms with van der Waals surface area (Å²) < 4.78 is 0. The summed E-state index contributed by atoms with van der Waals surface area (Å²) in [6.45, 7) is 3.14. The molecule has 31 heavy (non-hydrogen) atoms. The normalized spacial score (nSPS) is 14.7. The number of nitrogens with zero attached hydrogens (tertiary/aromatic N) is 3. The summed E-state index contributed by atoms with van der Waals surface area (Å²) in [5.74, 6) is -0.537. The fraction of sp³-hybridized carbons (Fsp3) is 0.320. The number of hydrogen-bond donors (Lipinski definition) is 1. The van der Waals surface area contributed by atoms with Crippen LogP contribution in [-0.4, -0.2) is 53.3 Å². The zero-order valence-corrected chi connectivity index (χ0v) is 17.8. The van der Waals surface area contributed by atoms with Crippen LogP contribution in [-0.2, 0) is 16.1 Å². The second kappa shape index (κ2) is 9.71. The number of amides is 2. The molecule has 2 heterocycles. The molecule has 0 saturated carbocycles. The van der Waals surface area contributed by atoms with Gasteiger partial charge in [0.2, 0.25) is 0 Å². The van der Waals surface area contributed by atoms with E-state index in [0.29, 0.717) is 24.7 Å². The summed E-state index contributed by atoms with van der Waals surface area (Å²) in [6.07, 6.45) is 5.15. The molecule has 1 saturated heterocycles. The highest BCUT2D eigenvalue weighted by Gasteiger charge is 2.27. The highest BCUT2D eigenvalue weighted by molar-refractivity contribution is 6.40. The number of hydrogen-bond acceptors (Lipinski definition) is 4. The summed E-state index contributed by atoms with van der Waals surface area (Å²) >= 11 is 0. The maximum atomic E-state index is 12.7. The number of fused-ring (bicyclic) bond motifs is 1. The third-order valence-corrected chi connectivity index (χ3v) is 5.88. The summed E-state index contributed by atoms with van der Waals surface area (Å²) in [5, 5.41) is 4.55. The van der Waals surface area contributed by atoms with Crippen molar-refractivity contribution >= 4 is 28.3 Å². The molecule has 1 N–H and O–H groups in total. The molecular formula is C25H28N4O2. The smallest absolute Gasteiger partial charge is 0.313 e. The summed E-state index contributed by atoms with van der Waals surface area (Å²) in [5.41, 5.74) is 1.87. The van der Waals surface area contributed by atoms with Crippen molar-refractivity contribution in [1.29, 1.82) is 0 Å². The van der Waals surface area contributed by atoms with E-state index in [9.17, 15) is 9.59 Å². The van der Waals surface area contributed by atoms with Crippen LogP contribution in [0.5, 0.6) is 0 Å². The molecule has 6 nitrogen and oxygen atoms in total. The summed E-state index contributed by atoms with van der Waals surface area (Å²) in [7, 11) is 2.14. The summed E-state index contributed by atoms with van der Waals surface area (Å²) in [4.78, 5) is 33.4. The number of likely N-dealkylation sites (tertiary alicyclic amines) is 1. The molecule has 0 aliphatic carbocycles. The second-order valence-electron chi connectivity index (χ2n) is 8.28. The molecule has 1 fully saturated rings. The van der Waals surface area contributed by atoms with E-state index in [4.69, 9.17) is 0 Å². The zero-order chi connectivity index (χ0) is 21.6. The van der Waals surface area contributed by atoms with Gasteiger partial charge in [-0.1, -0.05) is 54.6 Å². The van der Waals surface area contributed by atoms with Crippen molar-refractivity contribution in [1.82, 2.24) is 14.8 Å². The molecule has 0 spiro atoms. The van der Waals surface area contributed by atoms with E-state index < -0.39 is 11.8 Å². The number of nitrogens with one attached hydrogen (secondary N) is 1. The first-order valence-corrected chi connectivity index (χ1v) is 10.8. The number of rotatable bonds is 5. The minimum atomic E-state index is -0.599. The Bertz CT molecular complexity index is 1040. The van der Waals surface area contributed by atoms with Gasteiger partial charge in [-0.15, -0.1) is 0 Å². The van der Waals surface area contributed by atoms with E-state index in [1.807, 2.05) is 30.3 Å². The molecule has 1 aromatic heterocycles. The quantitative estimate of drug-likeness (QED) is 0.646. The van der Waals surface area contributed by atoms with Crippen molar-refractivity contribution in [3.63, 3.8) is 0 Å². The molecule has 3 aromatic rings. The standard InChI is InChI=1S/C25H28N4O2/c1-28(17-19-7-3-2-4-8-19)18-20-11-13-29(14-12-20)25(31)24(30)27-23-16-26-15-21-9-5-6-10-22(21)23/h2-10,15-16,20H,11-14,17-18H2,1H3,(H,27,30). The lowest BCUT2D eigenvalue weighted by Gasteiger charge is -2.33. The Morgan fingerprint density at radius 2 is 1.74 bits per heavy atom. The van der Waals surface area contributed by atoms with Gasteiger partial charge in [-0.25, -0.2) is 0 Å². The molecule has 160 valence electrons. The first-order valence-electron chi connectivity index (χ1n) is 10.8. The lowest BCUT2D eigenvalue weighted by molar-refractivity contribution is -0.144. The Hall–Kier alpha value is -3.25. The van der Waals surface area contributed by atoms with Gasteiger partial charge in [0, 0.05) is 43.1 Å². The minimum Gasteiger partial charge on any atom is -0.334 e. The van der Waals surface area contributed by atoms with Crippen LogP contribution in [0.4, 0.5) is 5.69 Å². The minimum absolute atomic E-state index is 0.468. The van der Waals surface area contributed by atoms with Crippen LogP contribution in [0.2, 0.25) is 0 Å². The van der Waals surface area contributed by atoms with Crippen LogP contribution in [0.15, 0.2) is 67.0 Å². The average Bonchev–Trinajstić information content (AvgIpc) is 2.80. The van der Waals surface area contributed by atoms with E-state index in [0.717, 1.165) is 36.7 Å². The number of pyridine rings is 1. The van der Waals surface area contributed by atoms with E-state index in [-0.39, 0.29) is 0 Å². The molecule has 0 bridgehead atoms. The van der Waals surface area contributed by atoms with Crippen molar-refractivity contribution in [3.8, 4) is 0 Å². The first kappa shape index (κ1) is 21.0. The largest absolute Gasteiger partial charge is 0.334 e. The van der Waals surface area contributed by atoms with Gasteiger partial charge in [0.1, 0.15) is 0 Å². The van der Waals surface area contributed by atoms with E-state index in [1.54, 1.807) is 17.3 Å². The Morgan fingerprint density at radius 1 is 1.03 bits per heavy atom. The zero-order valence-electron chi connectivity index (χ0n) is 17.8. The van der Waals surface area contributed by atoms with Gasteiger partial charge < -0.3 is 15.1 Å². The number of carbonyl (C=O) groups excluding carboxylic acids is 2. The Kier molecular flexibility index (Phi) is 6.57. The number of anilines is 1. The predicted molar refractivity (Wildman–Crippen MR) is 122 cm³/mol.